The lowest BCUT2D eigenvalue weighted by atomic mass is 10.2. The summed E-state index contributed by atoms with van der Waals surface area (Å²) < 4.78 is 0.785. The van der Waals surface area contributed by atoms with Gasteiger partial charge in [-0.2, -0.15) is 0 Å². The number of rotatable bonds is 4. The van der Waals surface area contributed by atoms with Crippen LogP contribution in [0.2, 0.25) is 0 Å². The number of benzene rings is 2. The molecule has 1 amide bonds. The zero-order valence-corrected chi connectivity index (χ0v) is 14.3. The van der Waals surface area contributed by atoms with Gasteiger partial charge in [0.2, 0.25) is 5.91 Å². The number of thioether (sulfide) groups is 1. The number of nitrogen functional groups attached to an aromatic ring is 1. The molecule has 0 bridgehead atoms. The summed E-state index contributed by atoms with van der Waals surface area (Å²) in [5.41, 5.74) is 9.45. The molecule has 0 aliphatic carbocycles. The highest BCUT2D eigenvalue weighted by atomic mass is 79.9. The van der Waals surface area contributed by atoms with E-state index in [0.717, 1.165) is 15.1 Å². The van der Waals surface area contributed by atoms with Gasteiger partial charge in [0, 0.05) is 15.1 Å². The minimum atomic E-state index is -0.0358. The Morgan fingerprint density at radius 1 is 1.24 bits per heavy atom. The number of anilines is 2. The Morgan fingerprint density at radius 3 is 2.71 bits per heavy atom. The highest BCUT2D eigenvalue weighted by molar-refractivity contribution is 9.10. The first-order chi connectivity index (χ1) is 9.95. The SMILES string of the molecule is Cc1ccc(C)c(SCC(=O)Nc2ccc(N)cc2Br)c1. The molecular weight excluding hydrogens is 348 g/mol. The Hall–Kier alpha value is -1.46. The van der Waals surface area contributed by atoms with Gasteiger partial charge in [0.15, 0.2) is 0 Å². The van der Waals surface area contributed by atoms with Crippen LogP contribution in [0.4, 0.5) is 11.4 Å². The number of nitrogens with one attached hydrogen (secondary N) is 1. The van der Waals surface area contributed by atoms with Crippen LogP contribution in [-0.2, 0) is 4.79 Å². The van der Waals surface area contributed by atoms with Gasteiger partial charge in [0.25, 0.3) is 0 Å². The minimum Gasteiger partial charge on any atom is -0.399 e. The van der Waals surface area contributed by atoms with Crippen LogP contribution in [0.5, 0.6) is 0 Å². The van der Waals surface area contributed by atoms with Crippen LogP contribution in [0, 0.1) is 13.8 Å². The fourth-order valence-corrected chi connectivity index (χ4v) is 3.24. The van der Waals surface area contributed by atoms with E-state index in [2.05, 4.69) is 53.3 Å². The molecule has 0 atom stereocenters. The molecule has 0 saturated heterocycles. The summed E-state index contributed by atoms with van der Waals surface area (Å²) in [7, 11) is 0. The zero-order valence-electron chi connectivity index (χ0n) is 11.9. The van der Waals surface area contributed by atoms with E-state index >= 15 is 0 Å². The summed E-state index contributed by atoms with van der Waals surface area (Å²) in [4.78, 5) is 13.2. The molecule has 0 saturated carbocycles. The molecular formula is C16H17BrN2OS. The fraction of sp³-hybridized carbons (Fsp3) is 0.188. The Bertz CT molecular complexity index is 673. The molecule has 2 rings (SSSR count). The maximum atomic E-state index is 12.0. The predicted octanol–water partition coefficient (Wildman–Crippen LogP) is 4.38. The molecule has 0 aliphatic heterocycles. The van der Waals surface area contributed by atoms with Crippen molar-refractivity contribution in [3.05, 3.63) is 52.0 Å². The molecule has 21 heavy (non-hydrogen) atoms. The van der Waals surface area contributed by atoms with E-state index in [0.29, 0.717) is 11.4 Å². The van der Waals surface area contributed by atoms with E-state index in [4.69, 9.17) is 5.73 Å². The van der Waals surface area contributed by atoms with Crippen LogP contribution in [0.3, 0.4) is 0 Å². The molecule has 0 aromatic heterocycles. The number of aryl methyl sites for hydroxylation is 2. The third-order valence-corrected chi connectivity index (χ3v) is 4.78. The molecule has 0 aliphatic rings. The van der Waals surface area contributed by atoms with E-state index in [9.17, 15) is 4.79 Å². The van der Waals surface area contributed by atoms with Gasteiger partial charge in [0.05, 0.1) is 11.4 Å². The van der Waals surface area contributed by atoms with Crippen LogP contribution >= 0.6 is 27.7 Å². The van der Waals surface area contributed by atoms with Crippen LogP contribution in [-0.4, -0.2) is 11.7 Å². The normalized spacial score (nSPS) is 10.4. The molecule has 3 nitrogen and oxygen atoms in total. The average Bonchev–Trinajstić information content (AvgIpc) is 2.43. The number of carbonyl (C=O) groups excluding carboxylic acids is 1. The van der Waals surface area contributed by atoms with Crippen molar-refractivity contribution in [1.82, 2.24) is 0 Å². The third kappa shape index (κ3) is 4.51. The third-order valence-electron chi connectivity index (χ3n) is 2.97. The molecule has 5 heteroatoms. The number of halogens is 1. The second-order valence-electron chi connectivity index (χ2n) is 4.85. The van der Waals surface area contributed by atoms with Gasteiger partial charge in [-0.25, -0.2) is 0 Å². The lowest BCUT2D eigenvalue weighted by Crippen LogP contribution is -2.14. The van der Waals surface area contributed by atoms with Crippen LogP contribution in [0.15, 0.2) is 45.8 Å². The zero-order chi connectivity index (χ0) is 15.4. The van der Waals surface area contributed by atoms with E-state index in [1.807, 2.05) is 0 Å². The summed E-state index contributed by atoms with van der Waals surface area (Å²) in [5.74, 6) is 0.340. The Kier molecular flexibility index (Phi) is 5.31. The minimum absolute atomic E-state index is 0.0358. The molecule has 2 aromatic carbocycles. The summed E-state index contributed by atoms with van der Waals surface area (Å²) >= 11 is 4.94. The first-order valence-electron chi connectivity index (χ1n) is 6.50. The molecule has 0 radical (unpaired) electrons. The van der Waals surface area contributed by atoms with Gasteiger partial charge in [0.1, 0.15) is 0 Å². The van der Waals surface area contributed by atoms with Crippen molar-refractivity contribution in [3.63, 3.8) is 0 Å². The van der Waals surface area contributed by atoms with Gasteiger partial charge in [-0.3, -0.25) is 4.79 Å². The van der Waals surface area contributed by atoms with Crippen LogP contribution in [0.25, 0.3) is 0 Å². The van der Waals surface area contributed by atoms with Gasteiger partial charge < -0.3 is 11.1 Å². The fourth-order valence-electron chi connectivity index (χ4n) is 1.83. The number of hydrogen-bond donors (Lipinski definition) is 2. The standard InChI is InChI=1S/C16H17BrN2OS/c1-10-3-4-11(2)15(7-10)21-9-16(20)19-14-6-5-12(18)8-13(14)17/h3-8H,9,18H2,1-2H3,(H,19,20). The van der Waals surface area contributed by atoms with Crippen molar-refractivity contribution in [2.45, 2.75) is 18.7 Å². The van der Waals surface area contributed by atoms with Crippen molar-refractivity contribution >= 4 is 45.0 Å². The van der Waals surface area contributed by atoms with Crippen molar-refractivity contribution in [2.75, 3.05) is 16.8 Å². The molecule has 0 heterocycles. The number of carbonyl (C=O) groups is 1. The molecule has 110 valence electrons. The summed E-state index contributed by atoms with van der Waals surface area (Å²) in [6.07, 6.45) is 0. The Labute approximate surface area is 137 Å². The van der Waals surface area contributed by atoms with Crippen molar-refractivity contribution < 1.29 is 4.79 Å². The largest absolute Gasteiger partial charge is 0.399 e. The quantitative estimate of drug-likeness (QED) is 0.625. The van der Waals surface area contributed by atoms with E-state index in [-0.39, 0.29) is 5.91 Å². The molecule has 0 fully saturated rings. The predicted molar refractivity (Wildman–Crippen MR) is 93.8 cm³/mol. The van der Waals surface area contributed by atoms with Gasteiger partial charge in [-0.05, 0) is 59.6 Å². The van der Waals surface area contributed by atoms with Crippen LogP contribution < -0.4 is 11.1 Å². The van der Waals surface area contributed by atoms with Crippen molar-refractivity contribution in [3.8, 4) is 0 Å². The summed E-state index contributed by atoms with van der Waals surface area (Å²) in [6, 6.07) is 11.6. The van der Waals surface area contributed by atoms with E-state index < -0.39 is 0 Å². The summed E-state index contributed by atoms with van der Waals surface area (Å²) in [6.45, 7) is 4.10. The van der Waals surface area contributed by atoms with Gasteiger partial charge in [-0.15, -0.1) is 11.8 Å². The number of amides is 1. The smallest absolute Gasteiger partial charge is 0.234 e. The first-order valence-corrected chi connectivity index (χ1v) is 8.28. The van der Waals surface area contributed by atoms with Crippen molar-refractivity contribution in [2.24, 2.45) is 0 Å². The van der Waals surface area contributed by atoms with Crippen LogP contribution in [0.1, 0.15) is 11.1 Å². The maximum Gasteiger partial charge on any atom is 0.234 e. The number of nitrogens with two attached hydrogens (primary N) is 1. The van der Waals surface area contributed by atoms with Crippen molar-refractivity contribution in [1.29, 1.82) is 0 Å². The number of hydrogen-bond acceptors (Lipinski definition) is 3. The first kappa shape index (κ1) is 15.9. The maximum absolute atomic E-state index is 12.0. The second kappa shape index (κ2) is 7.00. The molecule has 0 unspecified atom stereocenters. The molecule has 0 spiro atoms. The highest BCUT2D eigenvalue weighted by Gasteiger charge is 2.08. The Balaban J connectivity index is 1.97. The van der Waals surface area contributed by atoms with Gasteiger partial charge >= 0.3 is 0 Å². The topological polar surface area (TPSA) is 55.1 Å². The van der Waals surface area contributed by atoms with E-state index in [1.165, 1.54) is 11.1 Å². The second-order valence-corrected chi connectivity index (χ2v) is 6.72. The molecule has 3 N–H and O–H groups in total. The monoisotopic (exact) mass is 364 g/mol. The lowest BCUT2D eigenvalue weighted by molar-refractivity contribution is -0.113. The highest BCUT2D eigenvalue weighted by Crippen LogP contribution is 2.26. The molecule has 2 aromatic rings. The summed E-state index contributed by atoms with van der Waals surface area (Å²) in [5, 5.41) is 2.88. The average molecular weight is 365 g/mol. The van der Waals surface area contributed by atoms with Gasteiger partial charge in [-0.1, -0.05) is 17.7 Å². The Morgan fingerprint density at radius 2 is 2.00 bits per heavy atom. The lowest BCUT2D eigenvalue weighted by Gasteiger charge is -2.09. The van der Waals surface area contributed by atoms with E-state index in [1.54, 1.807) is 30.0 Å².